The van der Waals surface area contributed by atoms with Gasteiger partial charge in [0.15, 0.2) is 0 Å². The Morgan fingerprint density at radius 3 is 2.20 bits per heavy atom. The van der Waals surface area contributed by atoms with Crippen molar-refractivity contribution >= 4 is 0 Å². The zero-order chi connectivity index (χ0) is 10.3. The molecule has 0 aromatic heterocycles. The summed E-state index contributed by atoms with van der Waals surface area (Å²) in [6.45, 7) is 0. The third-order valence-electron chi connectivity index (χ3n) is 3.74. The van der Waals surface area contributed by atoms with Gasteiger partial charge in [-0.05, 0) is 36.8 Å². The Hall–Kier alpha value is -0.860. The van der Waals surface area contributed by atoms with Gasteiger partial charge in [0.1, 0.15) is 0 Å². The number of aliphatic hydroxyl groups excluding tert-OH is 1. The van der Waals surface area contributed by atoms with Gasteiger partial charge in [-0.15, -0.1) is 0 Å². The van der Waals surface area contributed by atoms with E-state index in [2.05, 4.69) is 29.6 Å². The lowest BCUT2D eigenvalue weighted by atomic mass is 9.88. The fraction of sp³-hybridized carbons (Fsp3) is 0.538. The molecule has 0 aliphatic heterocycles. The third kappa shape index (κ3) is 1.68. The van der Waals surface area contributed by atoms with E-state index in [0.29, 0.717) is 12.1 Å². The maximum absolute atomic E-state index is 9.52. The monoisotopic (exact) mass is 203 g/mol. The highest BCUT2D eigenvalue weighted by Crippen LogP contribution is 2.25. The lowest BCUT2D eigenvalue weighted by molar-refractivity contribution is 0.0445. The van der Waals surface area contributed by atoms with Gasteiger partial charge in [0.25, 0.3) is 0 Å². The molecule has 1 saturated carbocycles. The number of aliphatic hydroxyl groups is 1. The van der Waals surface area contributed by atoms with Crippen LogP contribution in [0.4, 0.5) is 0 Å². The van der Waals surface area contributed by atoms with Crippen molar-refractivity contribution in [3.8, 4) is 0 Å². The van der Waals surface area contributed by atoms with Crippen LogP contribution in [-0.4, -0.2) is 23.3 Å². The number of hydrogen-bond donors (Lipinski definition) is 2. The molecule has 2 N–H and O–H groups in total. The van der Waals surface area contributed by atoms with E-state index in [1.54, 1.807) is 0 Å². The second-order valence-electron chi connectivity index (χ2n) is 4.79. The van der Waals surface area contributed by atoms with E-state index in [1.165, 1.54) is 11.1 Å². The van der Waals surface area contributed by atoms with Gasteiger partial charge in [-0.2, -0.15) is 0 Å². The smallest absolute Gasteiger partial charge is 0.0693 e. The van der Waals surface area contributed by atoms with E-state index < -0.39 is 0 Å². The van der Waals surface area contributed by atoms with Crippen LogP contribution in [0.25, 0.3) is 0 Å². The normalized spacial score (nSPS) is 29.9. The van der Waals surface area contributed by atoms with Crippen molar-refractivity contribution < 1.29 is 5.11 Å². The van der Waals surface area contributed by atoms with E-state index in [4.69, 9.17) is 0 Å². The van der Waals surface area contributed by atoms with Crippen LogP contribution in [0.5, 0.6) is 0 Å². The molecule has 15 heavy (non-hydrogen) atoms. The first-order valence-electron chi connectivity index (χ1n) is 5.84. The molecule has 80 valence electrons. The molecule has 0 amide bonds. The molecule has 1 aromatic carbocycles. The summed E-state index contributed by atoms with van der Waals surface area (Å²) in [6, 6.07) is 9.55. The zero-order valence-corrected chi connectivity index (χ0v) is 8.82. The number of benzene rings is 1. The fourth-order valence-electron chi connectivity index (χ4n) is 2.66. The van der Waals surface area contributed by atoms with Crippen molar-refractivity contribution in [1.82, 2.24) is 5.32 Å². The first kappa shape index (κ1) is 9.37. The molecule has 0 bridgehead atoms. The maximum atomic E-state index is 9.52. The van der Waals surface area contributed by atoms with Crippen molar-refractivity contribution in [2.24, 2.45) is 0 Å². The van der Waals surface area contributed by atoms with Crippen molar-refractivity contribution in [3.05, 3.63) is 35.4 Å². The van der Waals surface area contributed by atoms with Crippen LogP contribution in [0.15, 0.2) is 24.3 Å². The number of nitrogens with one attached hydrogen (secondary N) is 1. The van der Waals surface area contributed by atoms with Crippen LogP contribution < -0.4 is 5.32 Å². The van der Waals surface area contributed by atoms with Gasteiger partial charge < -0.3 is 10.4 Å². The van der Waals surface area contributed by atoms with Crippen LogP contribution in [0, 0.1) is 0 Å². The predicted octanol–water partition coefficient (Wildman–Crippen LogP) is 1.27. The minimum absolute atomic E-state index is 0.103. The maximum Gasteiger partial charge on any atom is 0.0693 e. The van der Waals surface area contributed by atoms with Gasteiger partial charge in [-0.3, -0.25) is 0 Å². The quantitative estimate of drug-likeness (QED) is 0.758. The molecule has 3 rings (SSSR count). The van der Waals surface area contributed by atoms with E-state index in [1.807, 2.05) is 0 Å². The molecule has 0 saturated heterocycles. The molecular formula is C13H17NO. The van der Waals surface area contributed by atoms with Crippen molar-refractivity contribution in [1.29, 1.82) is 0 Å². The molecule has 0 radical (unpaired) electrons. The Balaban J connectivity index is 1.64. The first-order valence-corrected chi connectivity index (χ1v) is 5.84. The molecule has 2 aliphatic carbocycles. The first-order chi connectivity index (χ1) is 7.33. The van der Waals surface area contributed by atoms with E-state index in [9.17, 15) is 5.11 Å². The minimum Gasteiger partial charge on any atom is -0.392 e. The van der Waals surface area contributed by atoms with Crippen molar-refractivity contribution in [3.63, 3.8) is 0 Å². The molecule has 2 aliphatic rings. The summed E-state index contributed by atoms with van der Waals surface area (Å²) in [5.41, 5.74) is 2.95. The van der Waals surface area contributed by atoms with Crippen LogP contribution in [0.3, 0.4) is 0 Å². The molecule has 0 spiro atoms. The number of rotatable bonds is 2. The standard InChI is InChI=1S/C13H17NO/c15-13-6-5-12(13)14-11-7-9-3-1-2-4-10(9)8-11/h1-4,11-15H,5-8H2/t12-,13-/m1/s1. The largest absolute Gasteiger partial charge is 0.392 e. The number of fused-ring (bicyclic) bond motifs is 1. The van der Waals surface area contributed by atoms with Gasteiger partial charge in [0, 0.05) is 12.1 Å². The Labute approximate surface area is 90.3 Å². The predicted molar refractivity (Wildman–Crippen MR) is 59.8 cm³/mol. The molecule has 1 aromatic rings. The second-order valence-corrected chi connectivity index (χ2v) is 4.79. The van der Waals surface area contributed by atoms with E-state index in [0.717, 1.165) is 25.7 Å². The van der Waals surface area contributed by atoms with Crippen molar-refractivity contribution in [2.45, 2.75) is 43.9 Å². The molecule has 2 atom stereocenters. The highest BCUT2D eigenvalue weighted by molar-refractivity contribution is 5.33. The fourth-order valence-corrected chi connectivity index (χ4v) is 2.66. The summed E-state index contributed by atoms with van der Waals surface area (Å²) < 4.78 is 0. The summed E-state index contributed by atoms with van der Waals surface area (Å²) in [6.07, 6.45) is 4.25. The van der Waals surface area contributed by atoms with Crippen molar-refractivity contribution in [2.75, 3.05) is 0 Å². The molecule has 0 heterocycles. The molecule has 0 unspecified atom stereocenters. The summed E-state index contributed by atoms with van der Waals surface area (Å²) in [5.74, 6) is 0. The Bertz CT molecular complexity index is 338. The highest BCUT2D eigenvalue weighted by atomic mass is 16.3. The van der Waals surface area contributed by atoms with E-state index >= 15 is 0 Å². The molecule has 2 heteroatoms. The van der Waals surface area contributed by atoms with Crippen LogP contribution >= 0.6 is 0 Å². The summed E-state index contributed by atoms with van der Waals surface area (Å²) in [5, 5.41) is 13.1. The van der Waals surface area contributed by atoms with Gasteiger partial charge in [-0.25, -0.2) is 0 Å². The lowest BCUT2D eigenvalue weighted by Crippen LogP contribution is -2.52. The molecule has 1 fully saturated rings. The van der Waals surface area contributed by atoms with Gasteiger partial charge >= 0.3 is 0 Å². The molecular weight excluding hydrogens is 186 g/mol. The highest BCUT2D eigenvalue weighted by Gasteiger charge is 2.32. The van der Waals surface area contributed by atoms with Gasteiger partial charge in [-0.1, -0.05) is 24.3 Å². The van der Waals surface area contributed by atoms with Crippen LogP contribution in [0.2, 0.25) is 0 Å². The number of hydrogen-bond acceptors (Lipinski definition) is 2. The van der Waals surface area contributed by atoms with Crippen LogP contribution in [-0.2, 0) is 12.8 Å². The summed E-state index contributed by atoms with van der Waals surface area (Å²) in [4.78, 5) is 0. The lowest BCUT2D eigenvalue weighted by Gasteiger charge is -2.35. The van der Waals surface area contributed by atoms with Gasteiger partial charge in [0.2, 0.25) is 0 Å². The zero-order valence-electron chi connectivity index (χ0n) is 8.82. The van der Waals surface area contributed by atoms with E-state index in [-0.39, 0.29) is 6.10 Å². The Kier molecular flexibility index (Phi) is 2.26. The average molecular weight is 203 g/mol. The summed E-state index contributed by atoms with van der Waals surface area (Å²) in [7, 11) is 0. The second kappa shape index (κ2) is 3.62. The third-order valence-corrected chi connectivity index (χ3v) is 3.74. The minimum atomic E-state index is -0.103. The SMILES string of the molecule is O[C@@H]1CC[C@H]1NC1Cc2ccccc2C1. The van der Waals surface area contributed by atoms with Gasteiger partial charge in [0.05, 0.1) is 6.10 Å². The topological polar surface area (TPSA) is 32.3 Å². The summed E-state index contributed by atoms with van der Waals surface area (Å²) >= 11 is 0. The van der Waals surface area contributed by atoms with Crippen LogP contribution in [0.1, 0.15) is 24.0 Å². The molecule has 2 nitrogen and oxygen atoms in total. The average Bonchev–Trinajstić information content (AvgIpc) is 2.66. The Morgan fingerprint density at radius 1 is 1.07 bits per heavy atom. The Morgan fingerprint density at radius 2 is 1.73 bits per heavy atom.